The van der Waals surface area contributed by atoms with E-state index in [9.17, 15) is 0 Å². The molecule has 1 saturated heterocycles. The van der Waals surface area contributed by atoms with Crippen molar-refractivity contribution in [1.82, 2.24) is 5.32 Å². The Morgan fingerprint density at radius 2 is 1.93 bits per heavy atom. The van der Waals surface area contributed by atoms with Crippen molar-refractivity contribution in [1.29, 1.82) is 0 Å². The molecule has 0 spiro atoms. The molecule has 0 aromatic carbocycles. The summed E-state index contributed by atoms with van der Waals surface area (Å²) in [5.41, 5.74) is 0. The fourth-order valence-corrected chi connectivity index (χ4v) is 2.56. The maximum atomic E-state index is 5.38. The quantitative estimate of drug-likeness (QED) is 0.729. The topological polar surface area (TPSA) is 21.3 Å². The van der Waals surface area contributed by atoms with Crippen LogP contribution in [0.4, 0.5) is 0 Å². The summed E-state index contributed by atoms with van der Waals surface area (Å²) < 4.78 is 5.38. The summed E-state index contributed by atoms with van der Waals surface area (Å²) in [5.74, 6) is 1.94. The standard InChI is InChI=1S/C12H23NO/c1-13-12(11-3-4-11)5-2-10-6-8-14-9-7-10/h10-13H,2-9H2,1H3. The Balaban J connectivity index is 1.63. The molecule has 14 heavy (non-hydrogen) atoms. The van der Waals surface area contributed by atoms with Gasteiger partial charge in [0.25, 0.3) is 0 Å². The molecule has 0 aromatic heterocycles. The third kappa shape index (κ3) is 2.96. The van der Waals surface area contributed by atoms with Gasteiger partial charge in [0.15, 0.2) is 0 Å². The maximum Gasteiger partial charge on any atom is 0.0468 e. The lowest BCUT2D eigenvalue weighted by Crippen LogP contribution is -2.28. The maximum absolute atomic E-state index is 5.38. The van der Waals surface area contributed by atoms with Crippen molar-refractivity contribution in [3.05, 3.63) is 0 Å². The normalized spacial score (nSPS) is 26.4. The number of ether oxygens (including phenoxy) is 1. The summed E-state index contributed by atoms with van der Waals surface area (Å²) in [6.45, 7) is 2.00. The van der Waals surface area contributed by atoms with Crippen molar-refractivity contribution in [2.75, 3.05) is 20.3 Å². The van der Waals surface area contributed by atoms with Gasteiger partial charge in [-0.15, -0.1) is 0 Å². The molecule has 1 saturated carbocycles. The molecule has 2 fully saturated rings. The predicted molar refractivity (Wildman–Crippen MR) is 58.3 cm³/mol. The SMILES string of the molecule is CNC(CCC1CCOCC1)C1CC1. The van der Waals surface area contributed by atoms with E-state index in [4.69, 9.17) is 4.74 Å². The first-order valence-electron chi connectivity index (χ1n) is 6.15. The Morgan fingerprint density at radius 3 is 2.50 bits per heavy atom. The van der Waals surface area contributed by atoms with Crippen LogP contribution in [0, 0.1) is 11.8 Å². The van der Waals surface area contributed by atoms with Crippen LogP contribution in [0.25, 0.3) is 0 Å². The molecule has 0 amide bonds. The molecular weight excluding hydrogens is 174 g/mol. The van der Waals surface area contributed by atoms with E-state index in [2.05, 4.69) is 12.4 Å². The predicted octanol–water partition coefficient (Wildman–Crippen LogP) is 2.19. The summed E-state index contributed by atoms with van der Waals surface area (Å²) in [7, 11) is 2.12. The summed E-state index contributed by atoms with van der Waals surface area (Å²) in [5, 5.41) is 3.47. The number of rotatable bonds is 5. The van der Waals surface area contributed by atoms with Gasteiger partial charge in [-0.3, -0.25) is 0 Å². The van der Waals surface area contributed by atoms with Crippen LogP contribution in [-0.4, -0.2) is 26.3 Å². The minimum Gasteiger partial charge on any atom is -0.381 e. The average molecular weight is 197 g/mol. The van der Waals surface area contributed by atoms with Gasteiger partial charge in [-0.05, 0) is 57.4 Å². The lowest BCUT2D eigenvalue weighted by Gasteiger charge is -2.24. The lowest BCUT2D eigenvalue weighted by molar-refractivity contribution is 0.0622. The van der Waals surface area contributed by atoms with E-state index in [1.807, 2.05) is 0 Å². The van der Waals surface area contributed by atoms with Crippen LogP contribution >= 0.6 is 0 Å². The van der Waals surface area contributed by atoms with Gasteiger partial charge in [-0.25, -0.2) is 0 Å². The Kier molecular flexibility index (Phi) is 3.82. The third-order valence-corrected chi connectivity index (χ3v) is 3.79. The minimum atomic E-state index is 0.804. The van der Waals surface area contributed by atoms with Crippen LogP contribution in [0.3, 0.4) is 0 Å². The highest BCUT2D eigenvalue weighted by molar-refractivity contribution is 4.86. The summed E-state index contributed by atoms with van der Waals surface area (Å²) >= 11 is 0. The summed E-state index contributed by atoms with van der Waals surface area (Å²) in [6.07, 6.45) is 8.29. The lowest BCUT2D eigenvalue weighted by atomic mass is 9.92. The average Bonchev–Trinajstić information content (AvgIpc) is 3.05. The molecule has 1 N–H and O–H groups in total. The number of hydrogen-bond donors (Lipinski definition) is 1. The van der Waals surface area contributed by atoms with E-state index in [1.54, 1.807) is 0 Å². The highest BCUT2D eigenvalue weighted by atomic mass is 16.5. The molecule has 2 aliphatic rings. The largest absolute Gasteiger partial charge is 0.381 e. The molecule has 1 unspecified atom stereocenters. The van der Waals surface area contributed by atoms with Crippen molar-refractivity contribution < 1.29 is 4.74 Å². The Morgan fingerprint density at radius 1 is 1.21 bits per heavy atom. The first kappa shape index (κ1) is 10.4. The molecule has 1 heterocycles. The Labute approximate surface area is 87.4 Å². The second-order valence-corrected chi connectivity index (χ2v) is 4.87. The van der Waals surface area contributed by atoms with Gasteiger partial charge in [-0.2, -0.15) is 0 Å². The number of hydrogen-bond acceptors (Lipinski definition) is 2. The number of nitrogens with one attached hydrogen (secondary N) is 1. The molecule has 1 aliphatic heterocycles. The molecule has 2 heteroatoms. The van der Waals surface area contributed by atoms with Gasteiger partial charge < -0.3 is 10.1 Å². The Hall–Kier alpha value is -0.0800. The van der Waals surface area contributed by atoms with Crippen LogP contribution in [0.1, 0.15) is 38.5 Å². The van der Waals surface area contributed by atoms with E-state index in [0.717, 1.165) is 31.1 Å². The molecule has 0 bridgehead atoms. The highest BCUT2D eigenvalue weighted by Crippen LogP contribution is 2.35. The molecule has 1 atom stereocenters. The van der Waals surface area contributed by atoms with Gasteiger partial charge >= 0.3 is 0 Å². The van der Waals surface area contributed by atoms with Gasteiger partial charge in [0.05, 0.1) is 0 Å². The molecule has 82 valence electrons. The van der Waals surface area contributed by atoms with E-state index < -0.39 is 0 Å². The molecule has 0 radical (unpaired) electrons. The van der Waals surface area contributed by atoms with Crippen LogP contribution in [0.5, 0.6) is 0 Å². The molecule has 2 nitrogen and oxygen atoms in total. The zero-order chi connectivity index (χ0) is 9.80. The summed E-state index contributed by atoms with van der Waals surface area (Å²) in [4.78, 5) is 0. The van der Waals surface area contributed by atoms with Crippen molar-refractivity contribution in [2.45, 2.75) is 44.6 Å². The molecule has 1 aliphatic carbocycles. The zero-order valence-electron chi connectivity index (χ0n) is 9.30. The van der Waals surface area contributed by atoms with E-state index in [-0.39, 0.29) is 0 Å². The smallest absolute Gasteiger partial charge is 0.0468 e. The third-order valence-electron chi connectivity index (χ3n) is 3.79. The van der Waals surface area contributed by atoms with Gasteiger partial charge in [0.2, 0.25) is 0 Å². The van der Waals surface area contributed by atoms with Crippen molar-refractivity contribution in [3.63, 3.8) is 0 Å². The van der Waals surface area contributed by atoms with Gasteiger partial charge in [-0.1, -0.05) is 0 Å². The van der Waals surface area contributed by atoms with Crippen molar-refractivity contribution >= 4 is 0 Å². The first-order valence-corrected chi connectivity index (χ1v) is 6.15. The second kappa shape index (κ2) is 5.13. The van der Waals surface area contributed by atoms with E-state index in [0.29, 0.717) is 0 Å². The van der Waals surface area contributed by atoms with E-state index in [1.165, 1.54) is 38.5 Å². The highest BCUT2D eigenvalue weighted by Gasteiger charge is 2.30. The second-order valence-electron chi connectivity index (χ2n) is 4.87. The monoisotopic (exact) mass is 197 g/mol. The van der Waals surface area contributed by atoms with Crippen LogP contribution < -0.4 is 5.32 Å². The fraction of sp³-hybridized carbons (Fsp3) is 1.00. The molecule has 2 rings (SSSR count). The first-order chi connectivity index (χ1) is 6.90. The van der Waals surface area contributed by atoms with Crippen molar-refractivity contribution in [3.8, 4) is 0 Å². The molecular formula is C12H23NO. The van der Waals surface area contributed by atoms with Crippen LogP contribution in [0.2, 0.25) is 0 Å². The minimum absolute atomic E-state index is 0.804. The fourth-order valence-electron chi connectivity index (χ4n) is 2.56. The van der Waals surface area contributed by atoms with Gasteiger partial charge in [0.1, 0.15) is 0 Å². The van der Waals surface area contributed by atoms with Crippen LogP contribution in [-0.2, 0) is 4.74 Å². The van der Waals surface area contributed by atoms with Gasteiger partial charge in [0, 0.05) is 19.3 Å². The molecule has 0 aromatic rings. The van der Waals surface area contributed by atoms with E-state index >= 15 is 0 Å². The summed E-state index contributed by atoms with van der Waals surface area (Å²) in [6, 6.07) is 0.804. The Bertz CT molecular complexity index is 162. The zero-order valence-corrected chi connectivity index (χ0v) is 9.30. The van der Waals surface area contributed by atoms with Crippen LogP contribution in [0.15, 0.2) is 0 Å². The van der Waals surface area contributed by atoms with Crippen molar-refractivity contribution in [2.24, 2.45) is 11.8 Å².